The Kier molecular flexibility index (Phi) is 8.34. The molecule has 6 heteroatoms. The van der Waals surface area contributed by atoms with Gasteiger partial charge in [0.2, 0.25) is 0 Å². The van der Waals surface area contributed by atoms with Crippen LogP contribution in [0, 0.1) is 5.92 Å². The molecule has 26 heavy (non-hydrogen) atoms. The molecule has 1 aromatic rings. The Morgan fingerprint density at radius 3 is 1.77 bits per heavy atom. The van der Waals surface area contributed by atoms with Crippen LogP contribution in [-0.4, -0.2) is 33.7 Å². The average molecular weight is 381 g/mol. The first-order chi connectivity index (χ1) is 12.3. The van der Waals surface area contributed by atoms with Gasteiger partial charge in [0.25, 0.3) is 0 Å². The second kappa shape index (κ2) is 9.76. The second-order valence-corrected chi connectivity index (χ2v) is 11.8. The van der Waals surface area contributed by atoms with Gasteiger partial charge in [0.05, 0.1) is 20.1 Å². The van der Waals surface area contributed by atoms with Crippen LogP contribution in [-0.2, 0) is 14.3 Å². The molecule has 0 amide bonds. The van der Waals surface area contributed by atoms with E-state index in [0.29, 0.717) is 17.1 Å². The third-order valence-corrected chi connectivity index (χ3v) is 11.0. The first-order valence-corrected chi connectivity index (χ1v) is 11.8. The van der Waals surface area contributed by atoms with Crippen LogP contribution in [0.2, 0.25) is 18.1 Å². The van der Waals surface area contributed by atoms with Crippen LogP contribution in [0.3, 0.4) is 0 Å². The summed E-state index contributed by atoms with van der Waals surface area (Å²) in [5.74, 6) is 0.373. The summed E-state index contributed by atoms with van der Waals surface area (Å²) in [7, 11) is 1.07. The minimum atomic E-state index is -2.07. The normalized spacial score (nSPS) is 13.7. The third kappa shape index (κ3) is 4.87. The number of carbonyl (C=O) groups excluding carboxylic acids is 2. The number of methoxy groups -OCH3 is 2. The number of hydrogen-bond acceptors (Lipinski definition) is 5. The minimum Gasteiger partial charge on any atom is -0.497 e. The Morgan fingerprint density at radius 2 is 1.42 bits per heavy atom. The van der Waals surface area contributed by atoms with Gasteiger partial charge in [-0.2, -0.15) is 0 Å². The molecule has 0 fully saturated rings. The molecule has 0 N–H and O–H groups in total. The summed E-state index contributed by atoms with van der Waals surface area (Å²) in [5.41, 5.74) is 0.712. The number of rotatable bonds is 10. The van der Waals surface area contributed by atoms with Crippen LogP contribution in [0.25, 0.3) is 0 Å². The van der Waals surface area contributed by atoms with E-state index in [1.807, 2.05) is 6.92 Å². The maximum Gasteiger partial charge on any atom is 0.303 e. The largest absolute Gasteiger partial charge is 0.497 e. The fourth-order valence-electron chi connectivity index (χ4n) is 3.52. The van der Waals surface area contributed by atoms with Crippen molar-refractivity contribution in [3.8, 4) is 11.5 Å². The van der Waals surface area contributed by atoms with Crippen LogP contribution in [0.4, 0.5) is 0 Å². The van der Waals surface area contributed by atoms with Crippen molar-refractivity contribution < 1.29 is 23.8 Å². The van der Waals surface area contributed by atoms with Gasteiger partial charge in [0, 0.05) is 18.6 Å². The Bertz CT molecular complexity index is 594. The van der Waals surface area contributed by atoms with Crippen LogP contribution < -0.4 is 9.47 Å². The lowest BCUT2D eigenvalue weighted by molar-refractivity contribution is -0.150. The molecule has 1 aromatic carbocycles. The lowest BCUT2D eigenvalue weighted by Gasteiger charge is -2.33. The van der Waals surface area contributed by atoms with Gasteiger partial charge in [0.15, 0.2) is 0 Å². The first kappa shape index (κ1) is 22.2. The van der Waals surface area contributed by atoms with Crippen molar-refractivity contribution >= 4 is 19.4 Å². The van der Waals surface area contributed by atoms with Gasteiger partial charge in [-0.05, 0) is 12.1 Å². The smallest absolute Gasteiger partial charge is 0.303 e. The van der Waals surface area contributed by atoms with E-state index in [0.717, 1.165) is 18.1 Å². The Labute approximate surface area is 158 Å². The molecular weight excluding hydrogens is 348 g/mol. The first-order valence-electron chi connectivity index (χ1n) is 9.22. The van der Waals surface area contributed by atoms with Crippen molar-refractivity contribution in [1.82, 2.24) is 0 Å². The molecule has 0 saturated carbocycles. The van der Waals surface area contributed by atoms with E-state index in [2.05, 4.69) is 20.8 Å². The van der Waals surface area contributed by atoms with E-state index in [1.54, 1.807) is 32.4 Å². The van der Waals surface area contributed by atoms with Crippen molar-refractivity contribution in [1.29, 1.82) is 0 Å². The van der Waals surface area contributed by atoms with E-state index < -0.39 is 26.1 Å². The highest BCUT2D eigenvalue weighted by molar-refractivity contribution is 7.06. The summed E-state index contributed by atoms with van der Waals surface area (Å²) in [6.07, 6.45) is -0.652. The molecule has 0 aliphatic carbocycles. The van der Waals surface area contributed by atoms with Gasteiger partial charge in [-0.25, -0.2) is 0 Å². The molecular formula is C20H32O5Si. The van der Waals surface area contributed by atoms with Gasteiger partial charge in [0.1, 0.15) is 31.1 Å². The molecule has 146 valence electrons. The van der Waals surface area contributed by atoms with Crippen molar-refractivity contribution in [2.45, 2.75) is 58.9 Å². The van der Waals surface area contributed by atoms with Crippen LogP contribution in [0.1, 0.15) is 46.3 Å². The number of benzene rings is 1. The fraction of sp³-hybridized carbons (Fsp3) is 0.600. The molecule has 2 atom stereocenters. The van der Waals surface area contributed by atoms with Crippen LogP contribution in [0.15, 0.2) is 18.2 Å². The molecule has 0 radical (unpaired) electrons. The minimum absolute atomic E-state index is 0.262. The van der Waals surface area contributed by atoms with Gasteiger partial charge < -0.3 is 19.0 Å². The fourth-order valence-corrected chi connectivity index (χ4v) is 7.19. The molecule has 0 aliphatic rings. The van der Waals surface area contributed by atoms with Crippen molar-refractivity contribution in [3.05, 3.63) is 23.8 Å². The molecule has 0 spiro atoms. The SMILES string of the molecule is CC[Si](CC)(CC)C(=O)C(C)C(OC(C)=O)c1cc(OC)cc(OC)c1. The number of hydrogen-bond donors (Lipinski definition) is 0. The van der Waals surface area contributed by atoms with E-state index in [-0.39, 0.29) is 5.41 Å². The Morgan fingerprint density at radius 1 is 0.962 bits per heavy atom. The zero-order valence-electron chi connectivity index (χ0n) is 17.0. The third-order valence-electron chi connectivity index (χ3n) is 5.42. The summed E-state index contributed by atoms with van der Waals surface area (Å²) in [6.45, 7) is 9.52. The molecule has 5 nitrogen and oxygen atoms in total. The maximum absolute atomic E-state index is 13.4. The van der Waals surface area contributed by atoms with Crippen molar-refractivity contribution in [3.63, 3.8) is 0 Å². The summed E-state index contributed by atoms with van der Waals surface area (Å²) < 4.78 is 16.3. The predicted molar refractivity (Wildman–Crippen MR) is 105 cm³/mol. The highest BCUT2D eigenvalue weighted by atomic mass is 28.3. The van der Waals surface area contributed by atoms with Gasteiger partial charge in [-0.3, -0.25) is 4.79 Å². The molecule has 1 rings (SSSR count). The van der Waals surface area contributed by atoms with Crippen molar-refractivity contribution in [2.24, 2.45) is 5.92 Å². The van der Waals surface area contributed by atoms with E-state index >= 15 is 0 Å². The Balaban J connectivity index is 3.37. The Hall–Kier alpha value is -1.82. The summed E-state index contributed by atoms with van der Waals surface area (Å²) in [5, 5.41) is 0.262. The quantitative estimate of drug-likeness (QED) is 0.440. The summed E-state index contributed by atoms with van der Waals surface area (Å²) in [4.78, 5) is 25.1. The maximum atomic E-state index is 13.4. The highest BCUT2D eigenvalue weighted by Gasteiger charge is 2.42. The van der Waals surface area contributed by atoms with Gasteiger partial charge in [-0.15, -0.1) is 0 Å². The van der Waals surface area contributed by atoms with Crippen molar-refractivity contribution in [2.75, 3.05) is 14.2 Å². The number of carbonyl (C=O) groups is 2. The zero-order chi connectivity index (χ0) is 19.9. The van der Waals surface area contributed by atoms with E-state index in [1.165, 1.54) is 6.92 Å². The molecule has 2 unspecified atom stereocenters. The summed E-state index contributed by atoms with van der Waals surface area (Å²) in [6, 6.07) is 8.05. The lowest BCUT2D eigenvalue weighted by Crippen LogP contribution is -2.47. The topological polar surface area (TPSA) is 61.8 Å². The van der Waals surface area contributed by atoms with E-state index in [9.17, 15) is 9.59 Å². The molecule has 0 saturated heterocycles. The average Bonchev–Trinajstić information content (AvgIpc) is 2.66. The molecule has 0 bridgehead atoms. The number of esters is 1. The zero-order valence-corrected chi connectivity index (χ0v) is 18.0. The van der Waals surface area contributed by atoms with Crippen LogP contribution >= 0.6 is 0 Å². The summed E-state index contributed by atoms with van der Waals surface area (Å²) >= 11 is 0. The predicted octanol–water partition coefficient (Wildman–Crippen LogP) is 4.56. The molecule has 0 heterocycles. The lowest BCUT2D eigenvalue weighted by atomic mass is 9.97. The standard InChI is InChI=1S/C20H32O5Si/c1-8-26(9-2,10-3)20(22)14(4)19(25-15(5)21)16-11-17(23-6)13-18(12-16)24-7/h11-14,19H,8-10H2,1-7H3. The van der Waals surface area contributed by atoms with Gasteiger partial charge in [-0.1, -0.05) is 45.8 Å². The van der Waals surface area contributed by atoms with Crippen LogP contribution in [0.5, 0.6) is 11.5 Å². The van der Waals surface area contributed by atoms with Gasteiger partial charge >= 0.3 is 5.97 Å². The second-order valence-electron chi connectivity index (χ2n) is 6.67. The highest BCUT2D eigenvalue weighted by Crippen LogP contribution is 2.36. The molecule has 0 aliphatic heterocycles. The monoisotopic (exact) mass is 380 g/mol. The van der Waals surface area contributed by atoms with E-state index in [4.69, 9.17) is 14.2 Å². The number of ether oxygens (including phenoxy) is 3. The molecule has 0 aromatic heterocycles.